The zero-order chi connectivity index (χ0) is 21.7. The third-order valence-electron chi connectivity index (χ3n) is 5.56. The van der Waals surface area contributed by atoms with E-state index < -0.39 is 0 Å². The minimum absolute atomic E-state index is 0.598. The van der Waals surface area contributed by atoms with Crippen LogP contribution < -0.4 is 21.4 Å². The number of benzene rings is 1. The van der Waals surface area contributed by atoms with Gasteiger partial charge in [0.2, 0.25) is 0 Å². The maximum atomic E-state index is 6.63. The molecule has 6 heteroatoms. The minimum Gasteiger partial charge on any atom is -0.355 e. The summed E-state index contributed by atoms with van der Waals surface area (Å²) < 4.78 is 0. The number of fused-ring (bicyclic) bond motifs is 8. The van der Waals surface area contributed by atoms with Crippen LogP contribution in [0.3, 0.4) is 0 Å². The van der Waals surface area contributed by atoms with E-state index in [2.05, 4.69) is 86.7 Å². The van der Waals surface area contributed by atoms with Crippen LogP contribution in [0.25, 0.3) is 23.8 Å². The van der Waals surface area contributed by atoms with E-state index in [0.29, 0.717) is 10.0 Å². The molecule has 5 aromatic rings. The van der Waals surface area contributed by atoms with Gasteiger partial charge in [-0.1, -0.05) is 29.3 Å². The van der Waals surface area contributed by atoms with Crippen LogP contribution in [0.5, 0.6) is 0 Å². The molecule has 0 amide bonds. The molecule has 1 aliphatic rings. The molecule has 8 bridgehead atoms. The summed E-state index contributed by atoms with van der Waals surface area (Å²) in [6.07, 6.45) is 6.24. The van der Waals surface area contributed by atoms with Gasteiger partial charge in [-0.05, 0) is 78.9 Å². The molecule has 0 aliphatic carbocycles. The van der Waals surface area contributed by atoms with Gasteiger partial charge < -0.3 is 19.9 Å². The number of halogens is 2. The van der Waals surface area contributed by atoms with E-state index in [0.717, 1.165) is 55.3 Å². The number of aromatic nitrogens is 4. The molecule has 0 fully saturated rings. The van der Waals surface area contributed by atoms with E-state index in [1.165, 1.54) is 0 Å². The van der Waals surface area contributed by atoms with Crippen molar-refractivity contribution in [2.24, 2.45) is 0 Å². The Bertz CT molecular complexity index is 1690. The lowest BCUT2D eigenvalue weighted by Crippen LogP contribution is -2.15. The Hall–Kier alpha value is -3.60. The highest BCUT2D eigenvalue weighted by Gasteiger charge is 2.16. The highest BCUT2D eigenvalue weighted by atomic mass is 35.5. The third kappa shape index (κ3) is 3.44. The third-order valence-corrected chi connectivity index (χ3v) is 6.19. The van der Waals surface area contributed by atoms with E-state index >= 15 is 0 Å². The average molecular weight is 457 g/mol. The predicted octanol–water partition coefficient (Wildman–Crippen LogP) is 3.35. The standard InChI is InChI=1S/C26H18Cl2N4/c27-21-2-1-3-22(28)25(21)26-23-10-8-19(31-23)13-17-6-4-15(29-17)12-16-5-7-18(30-16)14-20-9-11-24(26)32-20/h1-14,29-32H. The summed E-state index contributed by atoms with van der Waals surface area (Å²) >= 11 is 13.3. The van der Waals surface area contributed by atoms with E-state index in [1.54, 1.807) is 0 Å². The van der Waals surface area contributed by atoms with Crippen molar-refractivity contribution < 1.29 is 0 Å². The van der Waals surface area contributed by atoms with E-state index in [1.807, 2.05) is 18.2 Å². The summed E-state index contributed by atoms with van der Waals surface area (Å²) in [7, 11) is 0. The number of rotatable bonds is 1. The van der Waals surface area contributed by atoms with E-state index in [-0.39, 0.29) is 0 Å². The Kier molecular flexibility index (Phi) is 4.49. The number of nitrogens with one attached hydrogen (secondary N) is 4. The highest BCUT2D eigenvalue weighted by Crippen LogP contribution is 2.33. The van der Waals surface area contributed by atoms with Gasteiger partial charge in [0.15, 0.2) is 0 Å². The molecular weight excluding hydrogens is 439 g/mol. The van der Waals surface area contributed by atoms with Gasteiger partial charge in [-0.25, -0.2) is 0 Å². The predicted molar refractivity (Wildman–Crippen MR) is 130 cm³/mol. The molecule has 32 heavy (non-hydrogen) atoms. The highest BCUT2D eigenvalue weighted by molar-refractivity contribution is 6.37. The lowest BCUT2D eigenvalue weighted by molar-refractivity contribution is 1.22. The van der Waals surface area contributed by atoms with Crippen molar-refractivity contribution >= 4 is 47.0 Å². The SMILES string of the molecule is Clc1cccc(Cl)c1C1=c2ccc([nH]2)=Cc2ccc([nH]2)C=c2ccc([nH]2)=Cc2ccc1[nH]2. The quantitative estimate of drug-likeness (QED) is 0.293. The van der Waals surface area contributed by atoms with Crippen LogP contribution in [-0.4, -0.2) is 19.9 Å². The molecule has 0 saturated carbocycles. The first-order valence-electron chi connectivity index (χ1n) is 10.2. The summed E-state index contributed by atoms with van der Waals surface area (Å²) in [4.78, 5) is 13.9. The maximum Gasteiger partial charge on any atom is 0.0500 e. The molecule has 1 aliphatic heterocycles. The fourth-order valence-corrected chi connectivity index (χ4v) is 4.72. The first-order chi connectivity index (χ1) is 15.6. The summed E-state index contributed by atoms with van der Waals surface area (Å²) in [5.41, 5.74) is 5.64. The number of aromatic amines is 4. The maximum absolute atomic E-state index is 6.63. The molecule has 1 aromatic carbocycles. The molecule has 156 valence electrons. The molecule has 4 N–H and O–H groups in total. The zero-order valence-electron chi connectivity index (χ0n) is 16.8. The van der Waals surface area contributed by atoms with Crippen molar-refractivity contribution in [2.45, 2.75) is 0 Å². The molecule has 4 aromatic heterocycles. The molecular formula is C26H18Cl2N4. The molecule has 6 rings (SSSR count). The second-order valence-electron chi connectivity index (χ2n) is 7.80. The second kappa shape index (κ2) is 7.52. The Morgan fingerprint density at radius 2 is 1.06 bits per heavy atom. The summed E-state index contributed by atoms with van der Waals surface area (Å²) in [6, 6.07) is 22.0. The minimum atomic E-state index is 0.598. The van der Waals surface area contributed by atoms with Gasteiger partial charge in [-0.3, -0.25) is 0 Å². The molecule has 0 saturated heterocycles. The van der Waals surface area contributed by atoms with Crippen LogP contribution in [0, 0.1) is 0 Å². The zero-order valence-corrected chi connectivity index (χ0v) is 18.4. The Labute approximate surface area is 193 Å². The molecule has 5 heterocycles. The molecule has 0 atom stereocenters. The molecule has 0 unspecified atom stereocenters. The topological polar surface area (TPSA) is 63.2 Å². The molecule has 4 nitrogen and oxygen atoms in total. The smallest absolute Gasteiger partial charge is 0.0500 e. The lowest BCUT2D eigenvalue weighted by atomic mass is 10.0. The van der Waals surface area contributed by atoms with Crippen molar-refractivity contribution in [3.05, 3.63) is 127 Å². The van der Waals surface area contributed by atoms with Crippen molar-refractivity contribution in [2.75, 3.05) is 0 Å². The Morgan fingerprint density at radius 1 is 0.500 bits per heavy atom. The van der Waals surface area contributed by atoms with E-state index in [9.17, 15) is 0 Å². The Morgan fingerprint density at radius 3 is 1.75 bits per heavy atom. The van der Waals surface area contributed by atoms with Crippen LogP contribution in [0.4, 0.5) is 0 Å². The van der Waals surface area contributed by atoms with Gasteiger partial charge in [-0.15, -0.1) is 0 Å². The fourth-order valence-electron chi connectivity index (χ4n) is 4.13. The monoisotopic (exact) mass is 456 g/mol. The molecule has 0 spiro atoms. The normalized spacial score (nSPS) is 12.8. The first kappa shape index (κ1) is 19.1. The number of H-pyrrole nitrogens is 4. The number of hydrogen-bond donors (Lipinski definition) is 4. The van der Waals surface area contributed by atoms with Gasteiger partial charge in [-0.2, -0.15) is 0 Å². The summed E-state index contributed by atoms with van der Waals surface area (Å²) in [5, 5.41) is 5.13. The lowest BCUT2D eigenvalue weighted by Gasteiger charge is -2.10. The van der Waals surface area contributed by atoms with Crippen LogP contribution >= 0.6 is 23.2 Å². The van der Waals surface area contributed by atoms with Crippen molar-refractivity contribution in [1.82, 2.24) is 19.9 Å². The molecule has 0 radical (unpaired) electrons. The van der Waals surface area contributed by atoms with Gasteiger partial charge in [0.25, 0.3) is 0 Å². The van der Waals surface area contributed by atoms with Crippen LogP contribution in [0.15, 0.2) is 66.7 Å². The van der Waals surface area contributed by atoms with E-state index in [4.69, 9.17) is 23.2 Å². The van der Waals surface area contributed by atoms with Crippen molar-refractivity contribution in [1.29, 1.82) is 0 Å². The van der Waals surface area contributed by atoms with Crippen LogP contribution in [0.2, 0.25) is 10.0 Å². The van der Waals surface area contributed by atoms with Crippen LogP contribution in [0.1, 0.15) is 28.3 Å². The van der Waals surface area contributed by atoms with Crippen molar-refractivity contribution in [3.8, 4) is 0 Å². The van der Waals surface area contributed by atoms with Gasteiger partial charge >= 0.3 is 0 Å². The van der Waals surface area contributed by atoms with Gasteiger partial charge in [0, 0.05) is 55.3 Å². The largest absolute Gasteiger partial charge is 0.355 e. The fraction of sp³-hybridized carbons (Fsp3) is 0. The van der Waals surface area contributed by atoms with Gasteiger partial charge in [0.1, 0.15) is 0 Å². The Balaban J connectivity index is 1.70. The van der Waals surface area contributed by atoms with Gasteiger partial charge in [0.05, 0.1) is 10.0 Å². The number of hydrogen-bond acceptors (Lipinski definition) is 0. The summed E-state index contributed by atoms with van der Waals surface area (Å²) in [6.45, 7) is 0. The summed E-state index contributed by atoms with van der Waals surface area (Å²) in [5.74, 6) is 0. The first-order valence-corrected chi connectivity index (χ1v) is 11.0. The van der Waals surface area contributed by atoms with Crippen LogP contribution in [-0.2, 0) is 0 Å². The average Bonchev–Trinajstić information content (AvgIpc) is 3.55. The van der Waals surface area contributed by atoms with Crippen molar-refractivity contribution in [3.63, 3.8) is 0 Å². The second-order valence-corrected chi connectivity index (χ2v) is 8.61.